The molecule has 1 atom stereocenters. The van der Waals surface area contributed by atoms with E-state index in [2.05, 4.69) is 4.90 Å². The van der Waals surface area contributed by atoms with Gasteiger partial charge >= 0.3 is 0 Å². The number of rotatable bonds is 4. The van der Waals surface area contributed by atoms with Crippen LogP contribution in [0.3, 0.4) is 0 Å². The first-order valence-electron chi connectivity index (χ1n) is 6.16. The number of hydrogen-bond acceptors (Lipinski definition) is 3. The standard InChI is InChI=1S/C13H18Cl2N2O/c14-12-2-1-10(7-13(12)15)11(8-16)9-17-3-5-18-6-4-17/h1-2,7,11H,3-6,8-9,16H2. The van der Waals surface area contributed by atoms with E-state index in [1.54, 1.807) is 0 Å². The first-order chi connectivity index (χ1) is 8.70. The van der Waals surface area contributed by atoms with Gasteiger partial charge < -0.3 is 10.5 Å². The molecule has 5 heteroatoms. The molecule has 0 spiro atoms. The van der Waals surface area contributed by atoms with Gasteiger partial charge in [0.2, 0.25) is 0 Å². The zero-order valence-electron chi connectivity index (χ0n) is 10.2. The Bertz CT molecular complexity index is 395. The number of halogens is 2. The second kappa shape index (κ2) is 6.73. The van der Waals surface area contributed by atoms with Crippen LogP contribution in [0.1, 0.15) is 11.5 Å². The van der Waals surface area contributed by atoms with Crippen LogP contribution in [0.15, 0.2) is 18.2 Å². The van der Waals surface area contributed by atoms with Crippen LogP contribution < -0.4 is 5.73 Å². The highest BCUT2D eigenvalue weighted by Gasteiger charge is 2.17. The van der Waals surface area contributed by atoms with E-state index < -0.39 is 0 Å². The van der Waals surface area contributed by atoms with E-state index in [-0.39, 0.29) is 5.92 Å². The Balaban J connectivity index is 2.04. The molecule has 1 aromatic carbocycles. The van der Waals surface area contributed by atoms with Gasteiger partial charge in [-0.25, -0.2) is 0 Å². The minimum absolute atomic E-state index is 0.290. The number of nitrogens with zero attached hydrogens (tertiary/aromatic N) is 1. The molecule has 1 saturated heterocycles. The Kier molecular flexibility index (Phi) is 5.27. The van der Waals surface area contributed by atoms with Gasteiger partial charge in [0.05, 0.1) is 23.3 Å². The van der Waals surface area contributed by atoms with E-state index in [0.717, 1.165) is 38.4 Å². The Morgan fingerprint density at radius 2 is 1.94 bits per heavy atom. The smallest absolute Gasteiger partial charge is 0.0595 e. The fourth-order valence-electron chi connectivity index (χ4n) is 2.18. The quantitative estimate of drug-likeness (QED) is 0.925. The molecular weight excluding hydrogens is 271 g/mol. The molecule has 1 aliphatic rings. The molecule has 0 aromatic heterocycles. The maximum absolute atomic E-state index is 6.05. The van der Waals surface area contributed by atoms with Crippen molar-refractivity contribution in [3.63, 3.8) is 0 Å². The van der Waals surface area contributed by atoms with Crippen LogP contribution in [-0.2, 0) is 4.74 Å². The first kappa shape index (κ1) is 14.1. The zero-order chi connectivity index (χ0) is 13.0. The van der Waals surface area contributed by atoms with Gasteiger partial charge in [-0.05, 0) is 17.7 Å². The van der Waals surface area contributed by atoms with Crippen molar-refractivity contribution in [2.24, 2.45) is 5.73 Å². The zero-order valence-corrected chi connectivity index (χ0v) is 11.8. The first-order valence-corrected chi connectivity index (χ1v) is 6.91. The van der Waals surface area contributed by atoms with Crippen LogP contribution in [-0.4, -0.2) is 44.3 Å². The van der Waals surface area contributed by atoms with Crippen molar-refractivity contribution in [1.29, 1.82) is 0 Å². The summed E-state index contributed by atoms with van der Waals surface area (Å²) in [6.07, 6.45) is 0. The molecule has 0 bridgehead atoms. The van der Waals surface area contributed by atoms with Crippen molar-refractivity contribution in [1.82, 2.24) is 4.90 Å². The number of nitrogens with two attached hydrogens (primary N) is 1. The third kappa shape index (κ3) is 3.59. The third-order valence-electron chi connectivity index (χ3n) is 3.28. The molecule has 18 heavy (non-hydrogen) atoms. The van der Waals surface area contributed by atoms with Crippen LogP contribution in [0.25, 0.3) is 0 Å². The van der Waals surface area contributed by atoms with Crippen molar-refractivity contribution in [3.8, 4) is 0 Å². The molecular formula is C13H18Cl2N2O. The number of hydrogen-bond donors (Lipinski definition) is 1. The molecule has 1 aliphatic heterocycles. The topological polar surface area (TPSA) is 38.5 Å². The normalized spacial score (nSPS) is 18.8. The summed E-state index contributed by atoms with van der Waals surface area (Å²) < 4.78 is 5.34. The summed E-state index contributed by atoms with van der Waals surface area (Å²) >= 11 is 12.0. The van der Waals surface area contributed by atoms with Crippen LogP contribution in [0.2, 0.25) is 10.0 Å². The minimum Gasteiger partial charge on any atom is -0.379 e. The largest absolute Gasteiger partial charge is 0.379 e. The van der Waals surface area contributed by atoms with Gasteiger partial charge in [-0.1, -0.05) is 29.3 Å². The molecule has 0 amide bonds. The minimum atomic E-state index is 0.290. The molecule has 1 fully saturated rings. The van der Waals surface area contributed by atoms with Crippen molar-refractivity contribution in [2.75, 3.05) is 39.4 Å². The Labute approximate surface area is 118 Å². The highest BCUT2D eigenvalue weighted by atomic mass is 35.5. The van der Waals surface area contributed by atoms with Gasteiger partial charge in [0.15, 0.2) is 0 Å². The van der Waals surface area contributed by atoms with E-state index in [1.807, 2.05) is 18.2 Å². The summed E-state index contributed by atoms with van der Waals surface area (Å²) in [5.41, 5.74) is 7.03. The predicted molar refractivity (Wildman–Crippen MR) is 75.5 cm³/mol. The van der Waals surface area contributed by atoms with E-state index in [1.165, 1.54) is 0 Å². The van der Waals surface area contributed by atoms with Gasteiger partial charge in [0.25, 0.3) is 0 Å². The molecule has 100 valence electrons. The van der Waals surface area contributed by atoms with E-state index in [0.29, 0.717) is 16.6 Å². The van der Waals surface area contributed by atoms with Gasteiger partial charge in [-0.3, -0.25) is 4.90 Å². The maximum atomic E-state index is 6.05. The number of morpholine rings is 1. The summed E-state index contributed by atoms with van der Waals surface area (Å²) in [4.78, 5) is 2.38. The number of benzene rings is 1. The summed E-state index contributed by atoms with van der Waals surface area (Å²) in [6, 6.07) is 5.76. The van der Waals surface area contributed by atoms with E-state index >= 15 is 0 Å². The van der Waals surface area contributed by atoms with Gasteiger partial charge in [0.1, 0.15) is 0 Å². The summed E-state index contributed by atoms with van der Waals surface area (Å²) in [5.74, 6) is 0.290. The fraction of sp³-hybridized carbons (Fsp3) is 0.538. The SMILES string of the molecule is NCC(CN1CCOCC1)c1ccc(Cl)c(Cl)c1. The summed E-state index contributed by atoms with van der Waals surface area (Å²) in [7, 11) is 0. The monoisotopic (exact) mass is 288 g/mol. The second-order valence-electron chi connectivity index (χ2n) is 4.52. The molecule has 2 rings (SSSR count). The van der Waals surface area contributed by atoms with Crippen molar-refractivity contribution < 1.29 is 4.74 Å². The Hall–Kier alpha value is -0.320. The highest BCUT2D eigenvalue weighted by molar-refractivity contribution is 6.42. The summed E-state index contributed by atoms with van der Waals surface area (Å²) in [6.45, 7) is 5.10. The van der Waals surface area contributed by atoms with Gasteiger partial charge in [-0.15, -0.1) is 0 Å². The van der Waals surface area contributed by atoms with Crippen molar-refractivity contribution in [3.05, 3.63) is 33.8 Å². The molecule has 0 radical (unpaired) electrons. The van der Waals surface area contributed by atoms with Gasteiger partial charge in [-0.2, -0.15) is 0 Å². The lowest BCUT2D eigenvalue weighted by atomic mass is 9.98. The van der Waals surface area contributed by atoms with E-state index in [9.17, 15) is 0 Å². The van der Waals surface area contributed by atoms with Crippen LogP contribution in [0.4, 0.5) is 0 Å². The van der Waals surface area contributed by atoms with Crippen molar-refractivity contribution in [2.45, 2.75) is 5.92 Å². The lowest BCUT2D eigenvalue weighted by Gasteiger charge is -2.30. The van der Waals surface area contributed by atoms with E-state index in [4.69, 9.17) is 33.7 Å². The predicted octanol–water partition coefficient (Wildman–Crippen LogP) is 2.37. The average Bonchev–Trinajstić information content (AvgIpc) is 2.40. The third-order valence-corrected chi connectivity index (χ3v) is 4.02. The van der Waals surface area contributed by atoms with Crippen LogP contribution in [0, 0.1) is 0 Å². The highest BCUT2D eigenvalue weighted by Crippen LogP contribution is 2.26. The average molecular weight is 289 g/mol. The Morgan fingerprint density at radius 1 is 1.22 bits per heavy atom. The molecule has 1 heterocycles. The molecule has 1 unspecified atom stereocenters. The van der Waals surface area contributed by atoms with Crippen molar-refractivity contribution >= 4 is 23.2 Å². The molecule has 0 saturated carbocycles. The lowest BCUT2D eigenvalue weighted by Crippen LogP contribution is -2.40. The molecule has 2 N–H and O–H groups in total. The maximum Gasteiger partial charge on any atom is 0.0595 e. The van der Waals surface area contributed by atoms with Crippen LogP contribution >= 0.6 is 23.2 Å². The number of ether oxygens (including phenoxy) is 1. The molecule has 3 nitrogen and oxygen atoms in total. The lowest BCUT2D eigenvalue weighted by molar-refractivity contribution is 0.0353. The summed E-state index contributed by atoms with van der Waals surface area (Å²) in [5, 5.41) is 1.18. The fourth-order valence-corrected chi connectivity index (χ4v) is 2.48. The second-order valence-corrected chi connectivity index (χ2v) is 5.33. The molecule has 0 aliphatic carbocycles. The Morgan fingerprint density at radius 3 is 2.56 bits per heavy atom. The van der Waals surface area contributed by atoms with Crippen LogP contribution in [0.5, 0.6) is 0 Å². The molecule has 1 aromatic rings. The van der Waals surface area contributed by atoms with Gasteiger partial charge in [0, 0.05) is 32.1 Å².